The van der Waals surface area contributed by atoms with E-state index in [9.17, 15) is 0 Å². The molecule has 0 bridgehead atoms. The van der Waals surface area contributed by atoms with Crippen LogP contribution in [0.4, 0.5) is 0 Å². The highest BCUT2D eigenvalue weighted by Gasteiger charge is 1.94. The lowest BCUT2D eigenvalue weighted by Gasteiger charge is -2.02. The Balaban J connectivity index is 2.70. The molecule has 0 heterocycles. The van der Waals surface area contributed by atoms with Gasteiger partial charge in [-0.2, -0.15) is 5.26 Å². The minimum atomic E-state index is 0.260. The Hall–Kier alpha value is -1.93. The molecule has 0 aliphatic rings. The van der Waals surface area contributed by atoms with Gasteiger partial charge >= 0.3 is 0 Å². The van der Waals surface area contributed by atoms with E-state index in [-0.39, 0.29) is 6.61 Å². The number of hydrogen-bond acceptors (Lipinski definition) is 2. The zero-order valence-corrected chi connectivity index (χ0v) is 7.16. The van der Waals surface area contributed by atoms with Crippen LogP contribution >= 0.6 is 0 Å². The molecule has 0 saturated heterocycles. The van der Waals surface area contributed by atoms with Crippen molar-refractivity contribution in [2.24, 2.45) is 0 Å². The normalized spacial score (nSPS) is 8.46. The molecule has 0 aliphatic carbocycles. The topological polar surface area (TPSA) is 33.0 Å². The van der Waals surface area contributed by atoms with Crippen LogP contribution in [0.1, 0.15) is 5.56 Å². The number of terminal acetylenes is 1. The molecular formula is C11H9NO. The number of nitrogens with zero attached hydrogens (tertiary/aromatic N) is 1. The van der Waals surface area contributed by atoms with E-state index in [1.807, 2.05) is 24.3 Å². The molecule has 0 spiro atoms. The first-order valence-electron chi connectivity index (χ1n) is 3.89. The number of ether oxygens (including phenoxy) is 1. The predicted octanol–water partition coefficient (Wildman–Crippen LogP) is 1.76. The first-order valence-corrected chi connectivity index (χ1v) is 3.89. The van der Waals surface area contributed by atoms with Gasteiger partial charge in [0.2, 0.25) is 0 Å². The van der Waals surface area contributed by atoms with E-state index in [4.69, 9.17) is 16.4 Å². The van der Waals surface area contributed by atoms with Crippen LogP contribution in [0, 0.1) is 23.7 Å². The molecule has 0 fully saturated rings. The lowest BCUT2D eigenvalue weighted by atomic mass is 10.2. The molecule has 0 aromatic heterocycles. The van der Waals surface area contributed by atoms with Gasteiger partial charge < -0.3 is 4.74 Å². The van der Waals surface area contributed by atoms with Crippen LogP contribution in [0.25, 0.3) is 0 Å². The van der Waals surface area contributed by atoms with Gasteiger partial charge in [0, 0.05) is 0 Å². The Bertz CT molecular complexity index is 357. The molecule has 1 aromatic rings. The van der Waals surface area contributed by atoms with Gasteiger partial charge in [0.1, 0.15) is 12.4 Å². The second-order valence-corrected chi connectivity index (χ2v) is 2.48. The number of benzene rings is 1. The molecule has 0 atom stereocenters. The minimum Gasteiger partial charge on any atom is -0.481 e. The zero-order chi connectivity index (χ0) is 9.52. The molecule has 2 nitrogen and oxygen atoms in total. The van der Waals surface area contributed by atoms with Crippen molar-refractivity contribution in [3.63, 3.8) is 0 Å². The summed E-state index contributed by atoms with van der Waals surface area (Å²) in [4.78, 5) is 0. The fourth-order valence-corrected chi connectivity index (χ4v) is 0.962. The van der Waals surface area contributed by atoms with Crippen LogP contribution in [0.3, 0.4) is 0 Å². The smallest absolute Gasteiger partial charge is 0.148 e. The quantitative estimate of drug-likeness (QED) is 0.649. The van der Waals surface area contributed by atoms with Gasteiger partial charge in [0.05, 0.1) is 12.5 Å². The van der Waals surface area contributed by atoms with E-state index in [1.54, 1.807) is 0 Å². The predicted molar refractivity (Wildman–Crippen MR) is 50.1 cm³/mol. The summed E-state index contributed by atoms with van der Waals surface area (Å²) >= 11 is 0. The Morgan fingerprint density at radius 2 is 2.31 bits per heavy atom. The summed E-state index contributed by atoms with van der Waals surface area (Å²) in [5.74, 6) is 3.09. The molecule has 13 heavy (non-hydrogen) atoms. The SMILES string of the molecule is C#CCOc1cccc(CC#N)c1. The maximum Gasteiger partial charge on any atom is 0.148 e. The highest BCUT2D eigenvalue weighted by Crippen LogP contribution is 2.13. The van der Waals surface area contributed by atoms with Crippen molar-refractivity contribution < 1.29 is 4.74 Å². The van der Waals surface area contributed by atoms with Gasteiger partial charge in [-0.05, 0) is 17.7 Å². The molecule has 0 unspecified atom stereocenters. The summed E-state index contributed by atoms with van der Waals surface area (Å²) in [7, 11) is 0. The summed E-state index contributed by atoms with van der Waals surface area (Å²) in [5, 5.41) is 8.46. The number of hydrogen-bond donors (Lipinski definition) is 0. The molecule has 1 rings (SSSR count). The van der Waals surface area contributed by atoms with E-state index >= 15 is 0 Å². The lowest BCUT2D eigenvalue weighted by Crippen LogP contribution is -1.93. The number of rotatable bonds is 3. The molecule has 0 radical (unpaired) electrons. The molecule has 0 N–H and O–H groups in total. The summed E-state index contributed by atoms with van der Waals surface area (Å²) in [6.45, 7) is 0.260. The van der Waals surface area contributed by atoms with Gasteiger partial charge in [0.25, 0.3) is 0 Å². The van der Waals surface area contributed by atoms with Crippen molar-refractivity contribution in [1.82, 2.24) is 0 Å². The summed E-state index contributed by atoms with van der Waals surface area (Å²) < 4.78 is 5.20. The minimum absolute atomic E-state index is 0.260. The second kappa shape index (κ2) is 4.85. The maximum absolute atomic E-state index is 8.46. The molecule has 64 valence electrons. The fraction of sp³-hybridized carbons (Fsp3) is 0.182. The van der Waals surface area contributed by atoms with Crippen LogP contribution < -0.4 is 4.74 Å². The van der Waals surface area contributed by atoms with Gasteiger partial charge in [-0.3, -0.25) is 0 Å². The third kappa shape index (κ3) is 2.89. The van der Waals surface area contributed by atoms with Gasteiger partial charge in [-0.25, -0.2) is 0 Å². The third-order valence-electron chi connectivity index (χ3n) is 1.50. The molecule has 1 aromatic carbocycles. The first-order chi connectivity index (χ1) is 6.36. The van der Waals surface area contributed by atoms with Gasteiger partial charge in [-0.1, -0.05) is 18.1 Å². The highest BCUT2D eigenvalue weighted by atomic mass is 16.5. The molecule has 0 aliphatic heterocycles. The third-order valence-corrected chi connectivity index (χ3v) is 1.50. The molecule has 0 saturated carbocycles. The largest absolute Gasteiger partial charge is 0.481 e. The van der Waals surface area contributed by atoms with Crippen LogP contribution in [0.5, 0.6) is 5.75 Å². The Kier molecular flexibility index (Phi) is 3.42. The average molecular weight is 171 g/mol. The molecular weight excluding hydrogens is 162 g/mol. The zero-order valence-electron chi connectivity index (χ0n) is 7.16. The summed E-state index contributed by atoms with van der Waals surface area (Å²) in [6.07, 6.45) is 5.44. The van der Waals surface area contributed by atoms with E-state index in [0.717, 1.165) is 5.56 Å². The monoisotopic (exact) mass is 171 g/mol. The van der Waals surface area contributed by atoms with Crippen molar-refractivity contribution in [3.05, 3.63) is 29.8 Å². The summed E-state index contributed by atoms with van der Waals surface area (Å²) in [6, 6.07) is 9.44. The van der Waals surface area contributed by atoms with E-state index in [2.05, 4.69) is 12.0 Å². The lowest BCUT2D eigenvalue weighted by molar-refractivity contribution is 0.370. The Labute approximate surface area is 77.8 Å². The fourth-order valence-electron chi connectivity index (χ4n) is 0.962. The first kappa shape index (κ1) is 9.16. The Morgan fingerprint density at radius 1 is 1.46 bits per heavy atom. The summed E-state index contributed by atoms with van der Waals surface area (Å²) in [5.41, 5.74) is 0.942. The van der Waals surface area contributed by atoms with Crippen molar-refractivity contribution in [3.8, 4) is 24.2 Å². The average Bonchev–Trinajstić information content (AvgIpc) is 2.16. The van der Waals surface area contributed by atoms with Crippen LogP contribution in [0.15, 0.2) is 24.3 Å². The maximum atomic E-state index is 8.46. The van der Waals surface area contributed by atoms with Crippen LogP contribution in [-0.2, 0) is 6.42 Å². The van der Waals surface area contributed by atoms with Gasteiger partial charge in [0.15, 0.2) is 0 Å². The standard InChI is InChI=1S/C11H9NO/c1-2-8-13-11-5-3-4-10(9-11)6-7-12/h1,3-5,9H,6,8H2. The van der Waals surface area contributed by atoms with E-state index in [0.29, 0.717) is 12.2 Å². The van der Waals surface area contributed by atoms with E-state index in [1.165, 1.54) is 0 Å². The van der Waals surface area contributed by atoms with E-state index < -0.39 is 0 Å². The molecule has 0 amide bonds. The number of nitriles is 1. The highest BCUT2D eigenvalue weighted by molar-refractivity contribution is 5.30. The molecule has 2 heteroatoms. The van der Waals surface area contributed by atoms with Crippen molar-refractivity contribution in [2.75, 3.05) is 6.61 Å². The Morgan fingerprint density at radius 3 is 3.00 bits per heavy atom. The van der Waals surface area contributed by atoms with Crippen LogP contribution in [-0.4, -0.2) is 6.61 Å². The van der Waals surface area contributed by atoms with Gasteiger partial charge in [-0.15, -0.1) is 6.42 Å². The van der Waals surface area contributed by atoms with Crippen molar-refractivity contribution in [1.29, 1.82) is 5.26 Å². The second-order valence-electron chi connectivity index (χ2n) is 2.48. The van der Waals surface area contributed by atoms with Crippen LogP contribution in [0.2, 0.25) is 0 Å². The van der Waals surface area contributed by atoms with Crippen molar-refractivity contribution in [2.45, 2.75) is 6.42 Å². The van der Waals surface area contributed by atoms with Crippen molar-refractivity contribution >= 4 is 0 Å².